The molecule has 94 valence electrons. The Labute approximate surface area is 108 Å². The predicted molar refractivity (Wildman–Crippen MR) is 70.5 cm³/mol. The summed E-state index contributed by atoms with van der Waals surface area (Å²) in [5, 5.41) is 8.45. The van der Waals surface area contributed by atoms with Gasteiger partial charge in [-0.2, -0.15) is 0 Å². The average molecular weight is 255 g/mol. The van der Waals surface area contributed by atoms with E-state index in [-0.39, 0.29) is 0 Å². The number of hydrogen-bond donors (Lipinski definition) is 0. The molecule has 0 saturated carbocycles. The fourth-order valence-corrected chi connectivity index (χ4v) is 2.25. The van der Waals surface area contributed by atoms with Gasteiger partial charge < -0.3 is 4.90 Å². The monoisotopic (exact) mass is 254 g/mol. The van der Waals surface area contributed by atoms with Gasteiger partial charge in [-0.1, -0.05) is 25.4 Å². The van der Waals surface area contributed by atoms with E-state index in [0.29, 0.717) is 5.15 Å². The second-order valence-electron chi connectivity index (χ2n) is 4.90. The van der Waals surface area contributed by atoms with Gasteiger partial charge in [-0.15, -0.1) is 10.2 Å². The molecule has 1 aromatic rings. The molecule has 4 nitrogen and oxygen atoms in total. The van der Waals surface area contributed by atoms with Crippen LogP contribution >= 0.6 is 11.6 Å². The quantitative estimate of drug-likeness (QED) is 0.825. The van der Waals surface area contributed by atoms with Crippen molar-refractivity contribution in [1.29, 1.82) is 0 Å². The molecule has 17 heavy (non-hydrogen) atoms. The number of nitrogens with zero attached hydrogens (tertiary/aromatic N) is 4. The number of anilines is 1. The van der Waals surface area contributed by atoms with Crippen LogP contribution in [0, 0.1) is 5.92 Å². The van der Waals surface area contributed by atoms with Gasteiger partial charge in [0, 0.05) is 32.7 Å². The van der Waals surface area contributed by atoms with E-state index >= 15 is 0 Å². The first-order valence-electron chi connectivity index (χ1n) is 6.11. The van der Waals surface area contributed by atoms with Gasteiger partial charge in [0.25, 0.3) is 0 Å². The number of piperazine rings is 1. The van der Waals surface area contributed by atoms with Gasteiger partial charge in [-0.3, -0.25) is 4.90 Å². The summed E-state index contributed by atoms with van der Waals surface area (Å²) in [5.74, 6) is 1.66. The molecule has 0 aliphatic carbocycles. The smallest absolute Gasteiger partial charge is 0.151 e. The fourth-order valence-electron chi connectivity index (χ4n) is 2.15. The molecule has 1 aromatic heterocycles. The molecule has 0 unspecified atom stereocenters. The first-order valence-corrected chi connectivity index (χ1v) is 6.49. The van der Waals surface area contributed by atoms with E-state index < -0.39 is 0 Å². The summed E-state index contributed by atoms with van der Waals surface area (Å²) in [5.41, 5.74) is 0. The molecule has 0 bridgehead atoms. The third kappa shape index (κ3) is 3.54. The van der Waals surface area contributed by atoms with Crippen molar-refractivity contribution in [3.05, 3.63) is 17.3 Å². The third-order valence-corrected chi connectivity index (χ3v) is 3.14. The van der Waals surface area contributed by atoms with Crippen LogP contribution in [0.25, 0.3) is 0 Å². The van der Waals surface area contributed by atoms with Crippen molar-refractivity contribution in [1.82, 2.24) is 15.1 Å². The standard InChI is InChI=1S/C12H19ClN4/c1-10(2)9-16-5-7-17(8-6-16)12-4-3-11(13)14-15-12/h3-4,10H,5-9H2,1-2H3. The fraction of sp³-hybridized carbons (Fsp3) is 0.667. The zero-order valence-electron chi connectivity index (χ0n) is 10.4. The van der Waals surface area contributed by atoms with Crippen LogP contribution in [0.3, 0.4) is 0 Å². The summed E-state index contributed by atoms with van der Waals surface area (Å²) < 4.78 is 0. The Morgan fingerprint density at radius 3 is 2.41 bits per heavy atom. The normalized spacial score (nSPS) is 17.8. The van der Waals surface area contributed by atoms with Gasteiger partial charge in [-0.05, 0) is 18.1 Å². The van der Waals surface area contributed by atoms with Crippen molar-refractivity contribution in [3.63, 3.8) is 0 Å². The van der Waals surface area contributed by atoms with Crippen LogP contribution in [0.5, 0.6) is 0 Å². The van der Waals surface area contributed by atoms with E-state index in [1.54, 1.807) is 6.07 Å². The highest BCUT2D eigenvalue weighted by Gasteiger charge is 2.18. The summed E-state index contributed by atoms with van der Waals surface area (Å²) in [6.45, 7) is 9.94. The van der Waals surface area contributed by atoms with Crippen molar-refractivity contribution in [3.8, 4) is 0 Å². The molecule has 0 amide bonds. The Kier molecular flexibility index (Phi) is 4.18. The Balaban J connectivity index is 1.88. The molecule has 0 N–H and O–H groups in total. The van der Waals surface area contributed by atoms with Gasteiger partial charge >= 0.3 is 0 Å². The van der Waals surface area contributed by atoms with Crippen molar-refractivity contribution >= 4 is 17.4 Å². The minimum Gasteiger partial charge on any atom is -0.353 e. The van der Waals surface area contributed by atoms with Crippen LogP contribution in [0.2, 0.25) is 5.15 Å². The van der Waals surface area contributed by atoms with Crippen LogP contribution in [-0.2, 0) is 0 Å². The lowest BCUT2D eigenvalue weighted by molar-refractivity contribution is 0.231. The van der Waals surface area contributed by atoms with E-state index in [0.717, 1.165) is 37.9 Å². The highest BCUT2D eigenvalue weighted by Crippen LogP contribution is 2.14. The molecule has 0 radical (unpaired) electrons. The van der Waals surface area contributed by atoms with E-state index in [1.807, 2.05) is 6.07 Å². The lowest BCUT2D eigenvalue weighted by atomic mass is 10.2. The largest absolute Gasteiger partial charge is 0.353 e. The van der Waals surface area contributed by atoms with Gasteiger partial charge in [0.05, 0.1) is 0 Å². The van der Waals surface area contributed by atoms with Crippen LogP contribution in [0.1, 0.15) is 13.8 Å². The molecule has 0 aromatic carbocycles. The molecule has 0 atom stereocenters. The summed E-state index contributed by atoms with van der Waals surface area (Å²) in [7, 11) is 0. The second-order valence-corrected chi connectivity index (χ2v) is 5.28. The van der Waals surface area contributed by atoms with E-state index in [1.165, 1.54) is 6.54 Å². The van der Waals surface area contributed by atoms with Crippen molar-refractivity contribution < 1.29 is 0 Å². The van der Waals surface area contributed by atoms with E-state index in [2.05, 4.69) is 33.8 Å². The minimum absolute atomic E-state index is 0.451. The Morgan fingerprint density at radius 2 is 1.88 bits per heavy atom. The van der Waals surface area contributed by atoms with Crippen molar-refractivity contribution in [2.75, 3.05) is 37.6 Å². The number of halogens is 1. The van der Waals surface area contributed by atoms with Crippen LogP contribution in [0.15, 0.2) is 12.1 Å². The van der Waals surface area contributed by atoms with Gasteiger partial charge in [0.15, 0.2) is 11.0 Å². The summed E-state index contributed by atoms with van der Waals surface area (Å²) >= 11 is 5.73. The molecule has 2 heterocycles. The molecule has 1 fully saturated rings. The topological polar surface area (TPSA) is 32.3 Å². The number of rotatable bonds is 3. The molecular weight excluding hydrogens is 236 g/mol. The highest BCUT2D eigenvalue weighted by molar-refractivity contribution is 6.29. The Morgan fingerprint density at radius 1 is 1.18 bits per heavy atom. The van der Waals surface area contributed by atoms with Crippen LogP contribution < -0.4 is 4.90 Å². The zero-order valence-corrected chi connectivity index (χ0v) is 11.2. The SMILES string of the molecule is CC(C)CN1CCN(c2ccc(Cl)nn2)CC1. The molecule has 1 aliphatic heterocycles. The van der Waals surface area contributed by atoms with E-state index in [9.17, 15) is 0 Å². The average Bonchev–Trinajstić information content (AvgIpc) is 2.30. The molecule has 2 rings (SSSR count). The lowest BCUT2D eigenvalue weighted by Crippen LogP contribution is -2.47. The Hall–Kier alpha value is -0.870. The van der Waals surface area contributed by atoms with Crippen molar-refractivity contribution in [2.24, 2.45) is 5.92 Å². The third-order valence-electron chi connectivity index (χ3n) is 2.94. The highest BCUT2D eigenvalue weighted by atomic mass is 35.5. The minimum atomic E-state index is 0.451. The first kappa shape index (κ1) is 12.6. The van der Waals surface area contributed by atoms with Crippen LogP contribution in [0.4, 0.5) is 5.82 Å². The maximum absolute atomic E-state index is 5.73. The maximum Gasteiger partial charge on any atom is 0.151 e. The first-order chi connectivity index (χ1) is 8.15. The zero-order chi connectivity index (χ0) is 12.3. The molecule has 5 heteroatoms. The summed E-state index contributed by atoms with van der Waals surface area (Å²) in [4.78, 5) is 4.77. The molecule has 1 saturated heterocycles. The predicted octanol–water partition coefficient (Wildman–Crippen LogP) is 1.91. The summed E-state index contributed by atoms with van der Waals surface area (Å²) in [6.07, 6.45) is 0. The van der Waals surface area contributed by atoms with Crippen molar-refractivity contribution in [2.45, 2.75) is 13.8 Å². The van der Waals surface area contributed by atoms with E-state index in [4.69, 9.17) is 11.6 Å². The molecule has 0 spiro atoms. The van der Waals surface area contributed by atoms with Crippen LogP contribution in [-0.4, -0.2) is 47.8 Å². The molecular formula is C12H19ClN4. The van der Waals surface area contributed by atoms with Gasteiger partial charge in [0.1, 0.15) is 0 Å². The number of aromatic nitrogens is 2. The Bertz CT molecular complexity index is 344. The maximum atomic E-state index is 5.73. The summed E-state index contributed by atoms with van der Waals surface area (Å²) in [6, 6.07) is 3.73. The number of hydrogen-bond acceptors (Lipinski definition) is 4. The van der Waals surface area contributed by atoms with Gasteiger partial charge in [0.2, 0.25) is 0 Å². The lowest BCUT2D eigenvalue weighted by Gasteiger charge is -2.35. The molecule has 1 aliphatic rings. The second kappa shape index (κ2) is 5.65. The van der Waals surface area contributed by atoms with Gasteiger partial charge in [-0.25, -0.2) is 0 Å².